The van der Waals surface area contributed by atoms with Crippen LogP contribution in [0.25, 0.3) is 0 Å². The van der Waals surface area contributed by atoms with Crippen molar-refractivity contribution in [3.8, 4) is 0 Å². The average Bonchev–Trinajstić information content (AvgIpc) is 3.22. The van der Waals surface area contributed by atoms with Crippen molar-refractivity contribution in [1.29, 1.82) is 0 Å². The van der Waals surface area contributed by atoms with Gasteiger partial charge in [-0.2, -0.15) is 0 Å². The number of hydrogen-bond acceptors (Lipinski definition) is 6. The summed E-state index contributed by atoms with van der Waals surface area (Å²) in [6, 6.07) is 3.85. The lowest BCUT2D eigenvalue weighted by atomic mass is 9.92. The van der Waals surface area contributed by atoms with Crippen molar-refractivity contribution in [2.24, 2.45) is 0 Å². The van der Waals surface area contributed by atoms with Crippen molar-refractivity contribution in [2.45, 2.75) is 37.9 Å². The number of nitrogens with zero attached hydrogens (tertiary/aromatic N) is 2. The van der Waals surface area contributed by atoms with Crippen LogP contribution in [0.2, 0.25) is 0 Å². The summed E-state index contributed by atoms with van der Waals surface area (Å²) in [7, 11) is -0.966. The Hall–Kier alpha value is -2.59. The highest BCUT2D eigenvalue weighted by molar-refractivity contribution is 7.88. The smallest absolute Gasteiger partial charge is 0.325 e. The van der Waals surface area contributed by atoms with Crippen LogP contribution in [0.5, 0.6) is 0 Å². The van der Waals surface area contributed by atoms with E-state index in [0.717, 1.165) is 9.21 Å². The van der Waals surface area contributed by atoms with Crippen LogP contribution in [0.1, 0.15) is 29.8 Å². The molecule has 2 aromatic rings. The van der Waals surface area contributed by atoms with E-state index in [1.54, 1.807) is 26.8 Å². The Labute approximate surface area is 157 Å². The number of aryl methyl sites for hydroxylation is 2. The van der Waals surface area contributed by atoms with E-state index in [4.69, 9.17) is 8.83 Å². The summed E-state index contributed by atoms with van der Waals surface area (Å²) in [6.07, 6.45) is 0. The van der Waals surface area contributed by atoms with Crippen LogP contribution in [0.4, 0.5) is 4.79 Å². The summed E-state index contributed by atoms with van der Waals surface area (Å²) in [4.78, 5) is 26.3. The highest BCUT2D eigenvalue weighted by atomic mass is 32.2. The van der Waals surface area contributed by atoms with Gasteiger partial charge in [0.15, 0.2) is 0 Å². The van der Waals surface area contributed by atoms with Gasteiger partial charge in [-0.3, -0.25) is 9.69 Å². The monoisotopic (exact) mass is 395 g/mol. The number of amides is 3. The zero-order valence-corrected chi connectivity index (χ0v) is 16.5. The van der Waals surface area contributed by atoms with Crippen molar-refractivity contribution >= 4 is 22.0 Å². The topological polar surface area (TPSA) is 113 Å². The molecule has 27 heavy (non-hydrogen) atoms. The number of imide groups is 1. The number of rotatable bonds is 5. The third-order valence-electron chi connectivity index (χ3n) is 4.54. The van der Waals surface area contributed by atoms with Gasteiger partial charge in [0.1, 0.15) is 22.8 Å². The van der Waals surface area contributed by atoms with Crippen LogP contribution in [0.15, 0.2) is 32.1 Å². The van der Waals surface area contributed by atoms with Crippen molar-refractivity contribution < 1.29 is 26.8 Å². The molecule has 1 atom stereocenters. The molecule has 3 heterocycles. The molecule has 3 rings (SSSR count). The van der Waals surface area contributed by atoms with E-state index in [1.165, 1.54) is 26.2 Å². The maximum Gasteiger partial charge on any atom is 0.325 e. The largest absolute Gasteiger partial charge is 0.466 e. The minimum absolute atomic E-state index is 0.181. The first kappa shape index (κ1) is 19.2. The molecule has 1 saturated heterocycles. The standard InChI is InChI=1S/C17H21N3O6S/c1-10-8-13(11(2)25-10)17(3)15(21)20(16(22)18-17)9-12-6-7-14(26-12)27(23,24)19(4)5/h6-8H,9H2,1-5H3,(H,18,22). The fraction of sp³-hybridized carbons (Fsp3) is 0.412. The number of nitrogens with one attached hydrogen (secondary N) is 1. The Morgan fingerprint density at radius 3 is 2.41 bits per heavy atom. The minimum atomic E-state index is -3.74. The Morgan fingerprint density at radius 2 is 1.85 bits per heavy atom. The van der Waals surface area contributed by atoms with Gasteiger partial charge in [-0.25, -0.2) is 17.5 Å². The highest BCUT2D eigenvalue weighted by Gasteiger charge is 2.50. The van der Waals surface area contributed by atoms with Crippen LogP contribution in [-0.2, 0) is 26.9 Å². The fourth-order valence-electron chi connectivity index (χ4n) is 3.07. The number of urea groups is 1. The molecule has 1 N–H and O–H groups in total. The molecule has 0 bridgehead atoms. The number of furan rings is 2. The van der Waals surface area contributed by atoms with E-state index in [-0.39, 0.29) is 17.4 Å². The van der Waals surface area contributed by atoms with Crippen LogP contribution >= 0.6 is 0 Å². The molecule has 10 heteroatoms. The molecule has 3 amide bonds. The fourth-order valence-corrected chi connectivity index (χ4v) is 3.88. The lowest BCUT2D eigenvalue weighted by Gasteiger charge is -2.20. The number of hydrogen-bond donors (Lipinski definition) is 1. The third kappa shape index (κ3) is 3.04. The molecule has 146 valence electrons. The van der Waals surface area contributed by atoms with Gasteiger partial charge in [-0.05, 0) is 39.0 Å². The zero-order chi connectivity index (χ0) is 20.1. The van der Waals surface area contributed by atoms with Gasteiger partial charge < -0.3 is 14.2 Å². The molecule has 0 aromatic carbocycles. The summed E-state index contributed by atoms with van der Waals surface area (Å²) >= 11 is 0. The maximum atomic E-state index is 12.9. The Balaban J connectivity index is 1.87. The predicted octanol–water partition coefficient (Wildman–Crippen LogP) is 1.71. The summed E-state index contributed by atoms with van der Waals surface area (Å²) in [5.74, 6) is 0.893. The van der Waals surface area contributed by atoms with Crippen molar-refractivity contribution in [3.05, 3.63) is 41.0 Å². The van der Waals surface area contributed by atoms with Crippen molar-refractivity contribution in [1.82, 2.24) is 14.5 Å². The van der Waals surface area contributed by atoms with Crippen LogP contribution in [0.3, 0.4) is 0 Å². The average molecular weight is 395 g/mol. The first-order valence-electron chi connectivity index (χ1n) is 8.19. The predicted molar refractivity (Wildman–Crippen MR) is 94.2 cm³/mol. The molecule has 1 aliphatic rings. The van der Waals surface area contributed by atoms with Gasteiger partial charge in [0.2, 0.25) is 5.09 Å². The minimum Gasteiger partial charge on any atom is -0.466 e. The molecule has 0 spiro atoms. The molecular weight excluding hydrogens is 374 g/mol. The number of carbonyl (C=O) groups excluding carboxylic acids is 2. The molecule has 9 nitrogen and oxygen atoms in total. The van der Waals surface area contributed by atoms with Crippen LogP contribution < -0.4 is 5.32 Å². The molecule has 1 unspecified atom stereocenters. The van der Waals surface area contributed by atoms with Gasteiger partial charge in [-0.1, -0.05) is 0 Å². The van der Waals surface area contributed by atoms with E-state index in [2.05, 4.69) is 5.32 Å². The quantitative estimate of drug-likeness (QED) is 0.771. The lowest BCUT2D eigenvalue weighted by molar-refractivity contribution is -0.131. The SMILES string of the molecule is Cc1cc(C2(C)NC(=O)N(Cc3ccc(S(=O)(=O)N(C)C)o3)C2=O)c(C)o1. The number of carbonyl (C=O) groups is 2. The molecule has 0 saturated carbocycles. The van der Waals surface area contributed by atoms with Crippen molar-refractivity contribution in [2.75, 3.05) is 14.1 Å². The highest BCUT2D eigenvalue weighted by Crippen LogP contribution is 2.33. The van der Waals surface area contributed by atoms with Gasteiger partial charge >= 0.3 is 6.03 Å². The lowest BCUT2D eigenvalue weighted by Crippen LogP contribution is -2.41. The Morgan fingerprint density at radius 1 is 1.19 bits per heavy atom. The summed E-state index contributed by atoms with van der Waals surface area (Å²) in [5, 5.41) is 2.43. The van der Waals surface area contributed by atoms with E-state index in [0.29, 0.717) is 17.1 Å². The van der Waals surface area contributed by atoms with Crippen LogP contribution in [-0.4, -0.2) is 43.7 Å². The van der Waals surface area contributed by atoms with Crippen LogP contribution in [0, 0.1) is 13.8 Å². The molecule has 0 radical (unpaired) electrons. The molecule has 1 aliphatic heterocycles. The normalized spacial score (nSPS) is 20.6. The molecular formula is C17H21N3O6S. The second-order valence-electron chi connectivity index (χ2n) is 6.78. The zero-order valence-electron chi connectivity index (χ0n) is 15.7. The van der Waals surface area contributed by atoms with Gasteiger partial charge in [-0.15, -0.1) is 0 Å². The summed E-state index contributed by atoms with van der Waals surface area (Å²) < 4.78 is 36.0. The first-order chi connectivity index (χ1) is 12.5. The van der Waals surface area contributed by atoms with E-state index < -0.39 is 27.5 Å². The van der Waals surface area contributed by atoms with Crippen molar-refractivity contribution in [3.63, 3.8) is 0 Å². The second-order valence-corrected chi connectivity index (χ2v) is 8.86. The molecule has 2 aromatic heterocycles. The molecule has 0 aliphatic carbocycles. The van der Waals surface area contributed by atoms with E-state index in [9.17, 15) is 18.0 Å². The second kappa shape index (κ2) is 6.24. The van der Waals surface area contributed by atoms with Gasteiger partial charge in [0.25, 0.3) is 15.9 Å². The van der Waals surface area contributed by atoms with Gasteiger partial charge in [0, 0.05) is 19.7 Å². The van der Waals surface area contributed by atoms with Gasteiger partial charge in [0.05, 0.1) is 6.54 Å². The molecule has 1 fully saturated rings. The number of sulfonamides is 1. The first-order valence-corrected chi connectivity index (χ1v) is 9.63. The third-order valence-corrected chi connectivity index (χ3v) is 6.23. The summed E-state index contributed by atoms with van der Waals surface area (Å²) in [5.41, 5.74) is -0.680. The van der Waals surface area contributed by atoms with E-state index >= 15 is 0 Å². The summed E-state index contributed by atoms with van der Waals surface area (Å²) in [6.45, 7) is 4.91. The Kier molecular flexibility index (Phi) is 4.43. The van der Waals surface area contributed by atoms with E-state index in [1.807, 2.05) is 0 Å². The Bertz CT molecular complexity index is 1020. The maximum absolute atomic E-state index is 12.9.